The number of aryl methyl sites for hydroxylation is 3. The molecule has 0 radical (unpaired) electrons. The van der Waals surface area contributed by atoms with Gasteiger partial charge >= 0.3 is 0 Å². The van der Waals surface area contributed by atoms with Crippen LogP contribution in [0.4, 0.5) is 4.39 Å². The fourth-order valence-electron chi connectivity index (χ4n) is 4.50. The number of nitrogens with zero attached hydrogens (tertiary/aromatic N) is 3. The van der Waals surface area contributed by atoms with Gasteiger partial charge in [-0.1, -0.05) is 36.8 Å². The van der Waals surface area contributed by atoms with Crippen LogP contribution in [0.15, 0.2) is 53.6 Å². The molecule has 1 aliphatic rings. The van der Waals surface area contributed by atoms with Crippen molar-refractivity contribution in [2.24, 2.45) is 11.8 Å². The van der Waals surface area contributed by atoms with Crippen molar-refractivity contribution in [2.45, 2.75) is 59.1 Å². The molecule has 0 unspecified atom stereocenters. The van der Waals surface area contributed by atoms with E-state index in [2.05, 4.69) is 35.5 Å². The molecular formula is C28H32FN3O4S. The summed E-state index contributed by atoms with van der Waals surface area (Å²) in [7, 11) is -4.05. The van der Waals surface area contributed by atoms with Gasteiger partial charge in [0.1, 0.15) is 17.9 Å². The van der Waals surface area contributed by atoms with Crippen LogP contribution in [0.25, 0.3) is 10.9 Å². The number of benzene rings is 2. The number of ether oxygens (including phenoxy) is 1. The van der Waals surface area contributed by atoms with Gasteiger partial charge in [-0.25, -0.2) is 4.39 Å². The second-order valence-electron chi connectivity index (χ2n) is 9.87. The predicted octanol–water partition coefficient (Wildman–Crippen LogP) is 5.97. The minimum atomic E-state index is -4.05. The quantitative estimate of drug-likeness (QED) is 0.312. The molecule has 2 aromatic heterocycles. The monoisotopic (exact) mass is 525 g/mol. The molecule has 7 nitrogen and oxygen atoms in total. The molecule has 2 atom stereocenters. The molecule has 2 aromatic carbocycles. The zero-order valence-corrected chi connectivity index (χ0v) is 22.5. The van der Waals surface area contributed by atoms with E-state index >= 15 is 0 Å². The molecule has 196 valence electrons. The van der Waals surface area contributed by atoms with Crippen LogP contribution in [-0.4, -0.2) is 27.7 Å². The molecule has 1 saturated carbocycles. The number of fused-ring (bicyclic) bond motifs is 1. The maximum atomic E-state index is 13.1. The van der Waals surface area contributed by atoms with E-state index in [1.165, 1.54) is 35.9 Å². The van der Waals surface area contributed by atoms with E-state index in [1.807, 2.05) is 13.1 Å². The molecule has 0 amide bonds. The Bertz CT molecular complexity index is 1530. The SMILES string of the molecule is Cc1c(C)n(C[C@H]2C[C@@H]2C)c2c(OCc3ccc(F)cc3)nncc12.Cc1ccc(S(=O)(=O)O)c(C)c1. The van der Waals surface area contributed by atoms with Crippen LogP contribution in [-0.2, 0) is 23.3 Å². The first-order valence-corrected chi connectivity index (χ1v) is 13.6. The first kappa shape index (κ1) is 26.8. The van der Waals surface area contributed by atoms with Crippen molar-refractivity contribution in [2.75, 3.05) is 0 Å². The van der Waals surface area contributed by atoms with Crippen molar-refractivity contribution in [3.63, 3.8) is 0 Å². The highest BCUT2D eigenvalue weighted by Gasteiger charge is 2.34. The van der Waals surface area contributed by atoms with Crippen LogP contribution in [0.1, 0.15) is 41.3 Å². The van der Waals surface area contributed by atoms with Crippen LogP contribution in [0.2, 0.25) is 0 Å². The molecule has 9 heteroatoms. The molecule has 5 rings (SSSR count). The van der Waals surface area contributed by atoms with E-state index in [-0.39, 0.29) is 10.7 Å². The second kappa shape index (κ2) is 10.6. The van der Waals surface area contributed by atoms with E-state index in [4.69, 9.17) is 9.29 Å². The first-order chi connectivity index (χ1) is 17.5. The molecule has 2 heterocycles. The Morgan fingerprint density at radius 2 is 1.78 bits per heavy atom. The normalized spacial score (nSPS) is 16.8. The Morgan fingerprint density at radius 1 is 1.11 bits per heavy atom. The van der Waals surface area contributed by atoms with E-state index in [0.717, 1.165) is 40.4 Å². The molecule has 37 heavy (non-hydrogen) atoms. The number of rotatable bonds is 6. The second-order valence-corrected chi connectivity index (χ2v) is 11.3. The molecule has 4 aromatic rings. The lowest BCUT2D eigenvalue weighted by Crippen LogP contribution is -2.06. The minimum Gasteiger partial charge on any atom is -0.470 e. The van der Waals surface area contributed by atoms with Crippen LogP contribution in [0.5, 0.6) is 5.88 Å². The largest absolute Gasteiger partial charge is 0.470 e. The summed E-state index contributed by atoms with van der Waals surface area (Å²) >= 11 is 0. The van der Waals surface area contributed by atoms with Crippen LogP contribution < -0.4 is 4.74 Å². The van der Waals surface area contributed by atoms with E-state index in [9.17, 15) is 12.8 Å². The fourth-order valence-corrected chi connectivity index (χ4v) is 5.20. The third kappa shape index (κ3) is 6.17. The molecule has 0 spiro atoms. The van der Waals surface area contributed by atoms with Gasteiger partial charge in [0.05, 0.1) is 11.1 Å². The molecule has 0 bridgehead atoms. The summed E-state index contributed by atoms with van der Waals surface area (Å²) in [6.07, 6.45) is 3.09. The fraction of sp³-hybridized carbons (Fsp3) is 0.357. The summed E-state index contributed by atoms with van der Waals surface area (Å²) in [6, 6.07) is 11.1. The lowest BCUT2D eigenvalue weighted by atomic mass is 10.2. The molecule has 0 aliphatic heterocycles. The average molecular weight is 526 g/mol. The van der Waals surface area contributed by atoms with Gasteiger partial charge in [-0.05, 0) is 80.8 Å². The van der Waals surface area contributed by atoms with Crippen LogP contribution in [0.3, 0.4) is 0 Å². The van der Waals surface area contributed by atoms with Crippen molar-refractivity contribution < 1.29 is 22.1 Å². The van der Waals surface area contributed by atoms with Crippen molar-refractivity contribution >= 4 is 21.0 Å². The van der Waals surface area contributed by atoms with E-state index < -0.39 is 10.1 Å². The van der Waals surface area contributed by atoms with Gasteiger partial charge in [-0.3, -0.25) is 4.55 Å². The van der Waals surface area contributed by atoms with Crippen molar-refractivity contribution in [1.82, 2.24) is 14.8 Å². The van der Waals surface area contributed by atoms with Gasteiger partial charge in [0.2, 0.25) is 0 Å². The lowest BCUT2D eigenvalue weighted by Gasteiger charge is -2.11. The highest BCUT2D eigenvalue weighted by atomic mass is 32.2. The Morgan fingerprint density at radius 3 is 2.38 bits per heavy atom. The maximum Gasteiger partial charge on any atom is 0.294 e. The van der Waals surface area contributed by atoms with Crippen molar-refractivity contribution in [1.29, 1.82) is 0 Å². The first-order valence-electron chi connectivity index (χ1n) is 12.2. The van der Waals surface area contributed by atoms with Gasteiger partial charge in [0.25, 0.3) is 16.0 Å². The van der Waals surface area contributed by atoms with Gasteiger partial charge in [-0.15, -0.1) is 5.10 Å². The third-order valence-corrected chi connectivity index (χ3v) is 8.02. The van der Waals surface area contributed by atoms with E-state index in [0.29, 0.717) is 18.1 Å². The topological polar surface area (TPSA) is 94.3 Å². The van der Waals surface area contributed by atoms with E-state index in [1.54, 1.807) is 31.2 Å². The maximum absolute atomic E-state index is 13.1. The van der Waals surface area contributed by atoms with Crippen molar-refractivity contribution in [3.8, 4) is 5.88 Å². The average Bonchev–Trinajstić information content (AvgIpc) is 3.48. The van der Waals surface area contributed by atoms with Gasteiger partial charge in [-0.2, -0.15) is 13.5 Å². The van der Waals surface area contributed by atoms with Crippen molar-refractivity contribution in [3.05, 3.63) is 82.4 Å². The summed E-state index contributed by atoms with van der Waals surface area (Å²) in [4.78, 5) is -0.0203. The summed E-state index contributed by atoms with van der Waals surface area (Å²) in [5.41, 5.74) is 5.94. The molecule has 1 aliphatic carbocycles. The Labute approximate surface area is 217 Å². The third-order valence-electron chi connectivity index (χ3n) is 7.00. The number of hydrogen-bond donors (Lipinski definition) is 1. The number of halogens is 1. The smallest absolute Gasteiger partial charge is 0.294 e. The Balaban J connectivity index is 0.000000225. The molecule has 1 fully saturated rings. The van der Waals surface area contributed by atoms with Crippen LogP contribution >= 0.6 is 0 Å². The lowest BCUT2D eigenvalue weighted by molar-refractivity contribution is 0.292. The van der Waals surface area contributed by atoms with Gasteiger partial charge < -0.3 is 9.30 Å². The minimum absolute atomic E-state index is 0.0203. The highest BCUT2D eigenvalue weighted by molar-refractivity contribution is 7.85. The van der Waals surface area contributed by atoms with Gasteiger partial charge in [0.15, 0.2) is 0 Å². The number of hydrogen-bond acceptors (Lipinski definition) is 5. The standard InChI is InChI=1S/C20H22FN3O.C8H10O3S/c1-12-8-16(12)10-24-14(3)13(2)18-9-22-23-20(19(18)24)25-11-15-4-6-17(21)7-5-15;1-6-3-4-8(7(2)5-6)12(9,10)11/h4-7,9,12,16H,8,10-11H2,1-3H3;3-5H,1-2H3,(H,9,10,11)/t12-,16+;/m0./s1. The number of aromatic nitrogens is 3. The predicted molar refractivity (Wildman–Crippen MR) is 141 cm³/mol. The summed E-state index contributed by atoms with van der Waals surface area (Å²) < 4.78 is 51.5. The molecule has 1 N–H and O–H groups in total. The zero-order chi connectivity index (χ0) is 26.9. The Hall–Kier alpha value is -3.30. The van der Waals surface area contributed by atoms with Crippen LogP contribution in [0, 0.1) is 45.3 Å². The summed E-state index contributed by atoms with van der Waals surface area (Å²) in [5.74, 6) is 1.82. The molecular weight excluding hydrogens is 493 g/mol. The summed E-state index contributed by atoms with van der Waals surface area (Å²) in [6.45, 7) is 11.4. The van der Waals surface area contributed by atoms with Gasteiger partial charge in [0, 0.05) is 17.6 Å². The Kier molecular flexibility index (Phi) is 7.66. The highest BCUT2D eigenvalue weighted by Crippen LogP contribution is 2.41. The zero-order valence-electron chi connectivity index (χ0n) is 21.7. The summed E-state index contributed by atoms with van der Waals surface area (Å²) in [5, 5.41) is 9.44. The molecule has 0 saturated heterocycles.